The van der Waals surface area contributed by atoms with Gasteiger partial charge in [-0.3, -0.25) is 9.79 Å². The highest BCUT2D eigenvalue weighted by molar-refractivity contribution is 5.80. The van der Waals surface area contributed by atoms with Crippen molar-refractivity contribution in [3.63, 3.8) is 0 Å². The fourth-order valence-electron chi connectivity index (χ4n) is 3.49. The largest absolute Gasteiger partial charge is 0.444 e. The summed E-state index contributed by atoms with van der Waals surface area (Å²) in [5.74, 6) is 1.62. The maximum Gasteiger partial charge on any atom is 0.226 e. The predicted molar refractivity (Wildman–Crippen MR) is 110 cm³/mol. The highest BCUT2D eigenvalue weighted by atomic mass is 19.1. The number of rotatable bonds is 6. The average Bonchev–Trinajstić information content (AvgIpc) is 3.21. The van der Waals surface area contributed by atoms with Gasteiger partial charge in [0.25, 0.3) is 0 Å². The number of nitrogens with one attached hydrogen (secondary N) is 2. The summed E-state index contributed by atoms with van der Waals surface area (Å²) in [5, 5.41) is 6.07. The molecule has 0 atom stereocenters. The normalized spacial score (nSPS) is 15.4. The molecule has 3 rings (SSSR count). The van der Waals surface area contributed by atoms with E-state index in [1.54, 1.807) is 32.5 Å². The molecule has 0 radical (unpaired) electrons. The van der Waals surface area contributed by atoms with E-state index < -0.39 is 0 Å². The zero-order valence-electron chi connectivity index (χ0n) is 16.9. The number of aromatic nitrogens is 1. The van der Waals surface area contributed by atoms with Gasteiger partial charge in [-0.25, -0.2) is 9.37 Å². The van der Waals surface area contributed by atoms with Gasteiger partial charge in [-0.2, -0.15) is 0 Å². The van der Waals surface area contributed by atoms with Crippen LogP contribution in [0.1, 0.15) is 25.0 Å². The summed E-state index contributed by atoms with van der Waals surface area (Å²) in [6.07, 6.45) is 4.89. The number of piperidine rings is 1. The standard InChI is InChI=1S/C21H28FN5O2/c1-23-19(28)13-15-8-11-27(12-9-15)21(24-2)25-10-7-18-14-29-20(26-18)16-3-5-17(22)6-4-16/h3-6,14-15H,7-13H2,1-2H3,(H,23,28)(H,24,25). The Kier molecular flexibility index (Phi) is 7.21. The van der Waals surface area contributed by atoms with Crippen molar-refractivity contribution in [2.24, 2.45) is 10.9 Å². The van der Waals surface area contributed by atoms with Gasteiger partial charge in [0.15, 0.2) is 5.96 Å². The number of likely N-dealkylation sites (tertiary alicyclic amines) is 1. The predicted octanol–water partition coefficient (Wildman–Crippen LogP) is 2.45. The second-order valence-electron chi connectivity index (χ2n) is 7.18. The van der Waals surface area contributed by atoms with Gasteiger partial charge in [0.2, 0.25) is 11.8 Å². The van der Waals surface area contributed by atoms with Crippen LogP contribution in [0, 0.1) is 11.7 Å². The first-order valence-electron chi connectivity index (χ1n) is 9.95. The van der Waals surface area contributed by atoms with E-state index in [4.69, 9.17) is 4.42 Å². The highest BCUT2D eigenvalue weighted by Crippen LogP contribution is 2.21. The Morgan fingerprint density at radius 1 is 1.31 bits per heavy atom. The zero-order chi connectivity index (χ0) is 20.6. The van der Waals surface area contributed by atoms with Crippen LogP contribution in [0.4, 0.5) is 4.39 Å². The molecule has 0 bridgehead atoms. The van der Waals surface area contributed by atoms with E-state index >= 15 is 0 Å². The molecule has 2 aromatic rings. The van der Waals surface area contributed by atoms with E-state index in [-0.39, 0.29) is 11.7 Å². The van der Waals surface area contributed by atoms with Gasteiger partial charge in [-0.1, -0.05) is 0 Å². The van der Waals surface area contributed by atoms with Gasteiger partial charge in [-0.05, 0) is 43.0 Å². The minimum Gasteiger partial charge on any atom is -0.444 e. The van der Waals surface area contributed by atoms with Crippen molar-refractivity contribution in [1.29, 1.82) is 0 Å². The van der Waals surface area contributed by atoms with Crippen molar-refractivity contribution in [3.05, 3.63) is 42.0 Å². The summed E-state index contributed by atoms with van der Waals surface area (Å²) in [7, 11) is 3.46. The molecular formula is C21H28FN5O2. The fourth-order valence-corrected chi connectivity index (χ4v) is 3.49. The summed E-state index contributed by atoms with van der Waals surface area (Å²) in [6.45, 7) is 2.46. The van der Waals surface area contributed by atoms with Crippen LogP contribution in [0.3, 0.4) is 0 Å². The molecule has 0 aliphatic carbocycles. The van der Waals surface area contributed by atoms with Crippen LogP contribution in [-0.2, 0) is 11.2 Å². The number of guanidine groups is 1. The number of hydrogen-bond acceptors (Lipinski definition) is 4. The van der Waals surface area contributed by atoms with E-state index in [9.17, 15) is 9.18 Å². The first-order chi connectivity index (χ1) is 14.1. The number of oxazole rings is 1. The molecule has 1 aliphatic heterocycles. The van der Waals surface area contributed by atoms with Crippen LogP contribution in [0.15, 0.2) is 39.9 Å². The Morgan fingerprint density at radius 3 is 2.69 bits per heavy atom. The van der Waals surface area contributed by atoms with Crippen LogP contribution in [0.5, 0.6) is 0 Å². The third kappa shape index (κ3) is 5.79. The van der Waals surface area contributed by atoms with E-state index in [1.807, 2.05) is 0 Å². The molecule has 7 nitrogen and oxygen atoms in total. The summed E-state index contributed by atoms with van der Waals surface area (Å²) >= 11 is 0. The van der Waals surface area contributed by atoms with E-state index in [2.05, 4.69) is 25.5 Å². The summed E-state index contributed by atoms with van der Waals surface area (Å²) in [4.78, 5) is 22.6. The first kappa shape index (κ1) is 20.8. The van der Waals surface area contributed by atoms with E-state index in [0.29, 0.717) is 31.2 Å². The van der Waals surface area contributed by atoms with Gasteiger partial charge in [-0.15, -0.1) is 0 Å². The van der Waals surface area contributed by atoms with Crippen molar-refractivity contribution < 1.29 is 13.6 Å². The lowest BCUT2D eigenvalue weighted by Crippen LogP contribution is -2.46. The molecular weight excluding hydrogens is 373 g/mol. The fraction of sp³-hybridized carbons (Fsp3) is 0.476. The molecule has 1 aromatic heterocycles. The summed E-state index contributed by atoms with van der Waals surface area (Å²) in [6, 6.07) is 6.09. The van der Waals surface area contributed by atoms with Crippen molar-refractivity contribution in [1.82, 2.24) is 20.5 Å². The van der Waals surface area contributed by atoms with Crippen molar-refractivity contribution >= 4 is 11.9 Å². The first-order valence-corrected chi connectivity index (χ1v) is 9.95. The number of amides is 1. The van der Waals surface area contributed by atoms with E-state index in [0.717, 1.165) is 43.1 Å². The maximum atomic E-state index is 13.0. The molecule has 1 aliphatic rings. The molecule has 2 N–H and O–H groups in total. The topological polar surface area (TPSA) is 82.8 Å². The van der Waals surface area contributed by atoms with Gasteiger partial charge in [0.05, 0.1) is 5.69 Å². The lowest BCUT2D eigenvalue weighted by atomic mass is 9.93. The minimum atomic E-state index is -0.284. The molecule has 1 amide bonds. The SMILES string of the molecule is CN=C(NCCc1coc(-c2ccc(F)cc2)n1)N1CCC(CC(=O)NC)CC1. The third-order valence-electron chi connectivity index (χ3n) is 5.19. The maximum absolute atomic E-state index is 13.0. The average molecular weight is 401 g/mol. The highest BCUT2D eigenvalue weighted by Gasteiger charge is 2.23. The Balaban J connectivity index is 1.45. The summed E-state index contributed by atoms with van der Waals surface area (Å²) < 4.78 is 18.5. The molecule has 1 fully saturated rings. The number of carbonyl (C=O) groups excluding carboxylic acids is 1. The van der Waals surface area contributed by atoms with Gasteiger partial charge in [0.1, 0.15) is 12.1 Å². The Hall–Kier alpha value is -2.90. The van der Waals surface area contributed by atoms with E-state index in [1.165, 1.54) is 12.1 Å². The second kappa shape index (κ2) is 10.0. The molecule has 29 heavy (non-hydrogen) atoms. The monoisotopic (exact) mass is 401 g/mol. The molecule has 0 unspecified atom stereocenters. The molecule has 1 saturated heterocycles. The van der Waals surface area contributed by atoms with Crippen LogP contribution in [0.2, 0.25) is 0 Å². The van der Waals surface area contributed by atoms with Crippen molar-refractivity contribution in [2.45, 2.75) is 25.7 Å². The number of aliphatic imine (C=N–C) groups is 1. The number of nitrogens with zero attached hydrogens (tertiary/aromatic N) is 3. The van der Waals surface area contributed by atoms with Crippen LogP contribution < -0.4 is 10.6 Å². The second-order valence-corrected chi connectivity index (χ2v) is 7.18. The lowest BCUT2D eigenvalue weighted by molar-refractivity contribution is -0.121. The molecule has 8 heteroatoms. The van der Waals surface area contributed by atoms with Crippen LogP contribution in [0.25, 0.3) is 11.5 Å². The molecule has 156 valence electrons. The Labute approximate surface area is 170 Å². The Morgan fingerprint density at radius 2 is 2.03 bits per heavy atom. The summed E-state index contributed by atoms with van der Waals surface area (Å²) in [5.41, 5.74) is 1.58. The van der Waals surface area contributed by atoms with Gasteiger partial charge in [0, 0.05) is 52.1 Å². The molecule has 1 aromatic carbocycles. The number of carbonyl (C=O) groups is 1. The van der Waals surface area contributed by atoms with Crippen molar-refractivity contribution in [3.8, 4) is 11.5 Å². The number of halogens is 1. The zero-order valence-corrected chi connectivity index (χ0v) is 16.9. The molecule has 0 spiro atoms. The molecule has 2 heterocycles. The minimum absolute atomic E-state index is 0.110. The Bertz CT molecular complexity index is 826. The van der Waals surface area contributed by atoms with Crippen LogP contribution in [-0.4, -0.2) is 55.5 Å². The van der Waals surface area contributed by atoms with Crippen molar-refractivity contribution in [2.75, 3.05) is 33.7 Å². The quantitative estimate of drug-likeness (QED) is 0.574. The van der Waals surface area contributed by atoms with Gasteiger partial charge >= 0.3 is 0 Å². The third-order valence-corrected chi connectivity index (χ3v) is 5.19. The lowest BCUT2D eigenvalue weighted by Gasteiger charge is -2.34. The number of hydrogen-bond donors (Lipinski definition) is 2. The van der Waals surface area contributed by atoms with Gasteiger partial charge < -0.3 is 20.0 Å². The molecule has 0 saturated carbocycles. The smallest absolute Gasteiger partial charge is 0.226 e. The van der Waals surface area contributed by atoms with Crippen LogP contribution >= 0.6 is 0 Å². The number of benzene rings is 1.